The van der Waals surface area contributed by atoms with E-state index in [1.807, 2.05) is 31.2 Å². The molecule has 6 nitrogen and oxygen atoms in total. The van der Waals surface area contributed by atoms with E-state index >= 15 is 0 Å². The number of sulfone groups is 1. The highest BCUT2D eigenvalue weighted by Gasteiger charge is 2.26. The zero-order valence-corrected chi connectivity index (χ0v) is 15.9. The topological polar surface area (TPSA) is 81.1 Å². The van der Waals surface area contributed by atoms with E-state index in [0.717, 1.165) is 29.0 Å². The standard InChI is InChI=1S/C19H19F2N3O3S/c1-13-23-16-5-2-3-6-17(16)24(13)12-4-11-22-18(25)14-7-9-15(10-8-14)28(26,27)19(20)21/h2-3,5-10,19H,4,11-12H2,1H3,(H,22,25). The molecule has 0 radical (unpaired) electrons. The van der Waals surface area contributed by atoms with Crippen molar-refractivity contribution in [1.82, 2.24) is 14.9 Å². The lowest BCUT2D eigenvalue weighted by molar-refractivity contribution is 0.0952. The van der Waals surface area contributed by atoms with Crippen molar-refractivity contribution in [1.29, 1.82) is 0 Å². The molecule has 3 rings (SSSR count). The summed E-state index contributed by atoms with van der Waals surface area (Å²) in [6, 6.07) is 12.3. The van der Waals surface area contributed by atoms with Crippen molar-refractivity contribution in [2.75, 3.05) is 6.54 Å². The van der Waals surface area contributed by atoms with Gasteiger partial charge in [-0.1, -0.05) is 12.1 Å². The second kappa shape index (κ2) is 8.05. The maximum Gasteiger partial charge on any atom is 0.341 e. The third kappa shape index (κ3) is 4.04. The average molecular weight is 407 g/mol. The summed E-state index contributed by atoms with van der Waals surface area (Å²) in [5.41, 5.74) is 2.16. The van der Waals surface area contributed by atoms with Gasteiger partial charge in [0, 0.05) is 18.7 Å². The minimum Gasteiger partial charge on any atom is -0.352 e. The number of amides is 1. The maximum absolute atomic E-state index is 12.5. The molecule has 28 heavy (non-hydrogen) atoms. The number of para-hydroxylation sites is 2. The second-order valence-corrected chi connectivity index (χ2v) is 8.16. The first-order chi connectivity index (χ1) is 13.3. The molecule has 1 N–H and O–H groups in total. The summed E-state index contributed by atoms with van der Waals surface area (Å²) in [6.45, 7) is 3.01. The SMILES string of the molecule is Cc1nc2ccccc2n1CCCNC(=O)c1ccc(S(=O)(=O)C(F)F)cc1. The van der Waals surface area contributed by atoms with Crippen molar-refractivity contribution in [2.45, 2.75) is 30.5 Å². The summed E-state index contributed by atoms with van der Waals surface area (Å²) < 4.78 is 49.9. The summed E-state index contributed by atoms with van der Waals surface area (Å²) in [6.07, 6.45) is 0.671. The number of aryl methyl sites for hydroxylation is 2. The zero-order valence-electron chi connectivity index (χ0n) is 15.1. The zero-order chi connectivity index (χ0) is 20.3. The Kier molecular flexibility index (Phi) is 5.73. The third-order valence-electron chi connectivity index (χ3n) is 4.37. The fraction of sp³-hybridized carbons (Fsp3) is 0.263. The van der Waals surface area contributed by atoms with Crippen LogP contribution in [0.5, 0.6) is 0 Å². The smallest absolute Gasteiger partial charge is 0.341 e. The average Bonchev–Trinajstić information content (AvgIpc) is 3.00. The molecule has 9 heteroatoms. The van der Waals surface area contributed by atoms with E-state index in [2.05, 4.69) is 14.9 Å². The molecule has 0 bridgehead atoms. The molecule has 1 aromatic heterocycles. The van der Waals surface area contributed by atoms with Crippen molar-refractivity contribution < 1.29 is 22.0 Å². The fourth-order valence-electron chi connectivity index (χ4n) is 2.92. The Morgan fingerprint density at radius 3 is 2.50 bits per heavy atom. The molecule has 1 amide bonds. The Morgan fingerprint density at radius 2 is 1.82 bits per heavy atom. The molecular formula is C19H19F2N3O3S. The summed E-state index contributed by atoms with van der Waals surface area (Å²) in [5, 5.41) is 2.74. The van der Waals surface area contributed by atoms with Gasteiger partial charge in [-0.25, -0.2) is 13.4 Å². The maximum atomic E-state index is 12.5. The van der Waals surface area contributed by atoms with Crippen LogP contribution >= 0.6 is 0 Å². The fourth-order valence-corrected chi connectivity index (χ4v) is 3.64. The summed E-state index contributed by atoms with van der Waals surface area (Å²) in [5.74, 6) is -2.99. The van der Waals surface area contributed by atoms with Gasteiger partial charge in [0.15, 0.2) is 0 Å². The number of benzene rings is 2. The van der Waals surface area contributed by atoms with Crippen LogP contribution < -0.4 is 5.32 Å². The summed E-state index contributed by atoms with van der Waals surface area (Å²) in [4.78, 5) is 16.1. The Hall–Kier alpha value is -2.81. The molecule has 148 valence electrons. The molecule has 0 spiro atoms. The van der Waals surface area contributed by atoms with Gasteiger partial charge in [0.05, 0.1) is 15.9 Å². The molecule has 0 aliphatic carbocycles. The van der Waals surface area contributed by atoms with Crippen LogP contribution in [0.2, 0.25) is 0 Å². The van der Waals surface area contributed by atoms with Crippen LogP contribution in [-0.4, -0.2) is 36.2 Å². The van der Waals surface area contributed by atoms with Gasteiger partial charge in [0.2, 0.25) is 9.84 Å². The Bertz CT molecular complexity index is 1090. The van der Waals surface area contributed by atoms with Gasteiger partial charge >= 0.3 is 5.76 Å². The van der Waals surface area contributed by atoms with Gasteiger partial charge in [-0.05, 0) is 49.7 Å². The van der Waals surface area contributed by atoms with E-state index in [0.29, 0.717) is 19.5 Å². The van der Waals surface area contributed by atoms with Crippen molar-refractivity contribution in [3.05, 3.63) is 59.9 Å². The minimum absolute atomic E-state index is 0.206. The third-order valence-corrected chi connectivity index (χ3v) is 5.77. The van der Waals surface area contributed by atoms with Crippen LogP contribution in [0.3, 0.4) is 0 Å². The Morgan fingerprint density at radius 1 is 1.14 bits per heavy atom. The van der Waals surface area contributed by atoms with E-state index in [-0.39, 0.29) is 5.56 Å². The van der Waals surface area contributed by atoms with Crippen LogP contribution in [0.15, 0.2) is 53.4 Å². The molecule has 0 saturated carbocycles. The second-order valence-electron chi connectivity index (χ2n) is 6.24. The number of rotatable bonds is 7. The molecule has 0 atom stereocenters. The lowest BCUT2D eigenvalue weighted by atomic mass is 10.2. The van der Waals surface area contributed by atoms with E-state index in [1.165, 1.54) is 12.1 Å². The molecule has 0 aliphatic heterocycles. The highest BCUT2D eigenvalue weighted by molar-refractivity contribution is 7.91. The van der Waals surface area contributed by atoms with Gasteiger partial charge in [0.1, 0.15) is 5.82 Å². The largest absolute Gasteiger partial charge is 0.352 e. The predicted molar refractivity (Wildman–Crippen MR) is 101 cm³/mol. The summed E-state index contributed by atoms with van der Waals surface area (Å²) >= 11 is 0. The van der Waals surface area contributed by atoms with Crippen molar-refractivity contribution in [3.63, 3.8) is 0 Å². The highest BCUT2D eigenvalue weighted by atomic mass is 32.2. The number of fused-ring (bicyclic) bond motifs is 1. The van der Waals surface area contributed by atoms with Crippen LogP contribution in [0.25, 0.3) is 11.0 Å². The van der Waals surface area contributed by atoms with Gasteiger partial charge in [0.25, 0.3) is 5.91 Å². The van der Waals surface area contributed by atoms with Crippen LogP contribution in [-0.2, 0) is 16.4 Å². The molecule has 0 unspecified atom stereocenters. The first kappa shape index (κ1) is 19.9. The molecule has 2 aromatic carbocycles. The van der Waals surface area contributed by atoms with Crippen molar-refractivity contribution in [2.24, 2.45) is 0 Å². The number of alkyl halides is 2. The number of carbonyl (C=O) groups excluding carboxylic acids is 1. The van der Waals surface area contributed by atoms with Crippen LogP contribution in [0.1, 0.15) is 22.6 Å². The summed E-state index contributed by atoms with van der Waals surface area (Å²) in [7, 11) is -4.66. The molecule has 1 heterocycles. The quantitative estimate of drug-likeness (QED) is 0.610. The van der Waals surface area contributed by atoms with E-state index < -0.39 is 26.4 Å². The van der Waals surface area contributed by atoms with E-state index in [1.54, 1.807) is 0 Å². The number of imidazole rings is 1. The molecule has 0 fully saturated rings. The van der Waals surface area contributed by atoms with Gasteiger partial charge in [-0.2, -0.15) is 8.78 Å². The van der Waals surface area contributed by atoms with Crippen molar-refractivity contribution in [3.8, 4) is 0 Å². The lowest BCUT2D eigenvalue weighted by Crippen LogP contribution is -2.25. The van der Waals surface area contributed by atoms with Crippen LogP contribution in [0.4, 0.5) is 8.78 Å². The van der Waals surface area contributed by atoms with Gasteiger partial charge in [-0.15, -0.1) is 0 Å². The number of carbonyl (C=O) groups is 1. The number of halogens is 2. The molecular weight excluding hydrogens is 388 g/mol. The number of hydrogen-bond acceptors (Lipinski definition) is 4. The number of aromatic nitrogens is 2. The predicted octanol–water partition coefficient (Wildman–Crippen LogP) is 3.16. The van der Waals surface area contributed by atoms with Crippen LogP contribution in [0, 0.1) is 6.92 Å². The number of nitrogens with one attached hydrogen (secondary N) is 1. The van der Waals surface area contributed by atoms with E-state index in [9.17, 15) is 22.0 Å². The normalized spacial score (nSPS) is 11.9. The molecule has 0 aliphatic rings. The Labute approximate surface area is 161 Å². The van der Waals surface area contributed by atoms with Gasteiger partial charge < -0.3 is 9.88 Å². The first-order valence-electron chi connectivity index (χ1n) is 8.63. The van der Waals surface area contributed by atoms with E-state index in [4.69, 9.17) is 0 Å². The highest BCUT2D eigenvalue weighted by Crippen LogP contribution is 2.19. The number of nitrogens with zero attached hydrogens (tertiary/aromatic N) is 2. The van der Waals surface area contributed by atoms with Gasteiger partial charge in [-0.3, -0.25) is 4.79 Å². The molecule has 0 saturated heterocycles. The Balaban J connectivity index is 1.56. The molecule has 3 aromatic rings. The van der Waals surface area contributed by atoms with Crippen molar-refractivity contribution >= 4 is 26.8 Å². The minimum atomic E-state index is -4.66. The lowest BCUT2D eigenvalue weighted by Gasteiger charge is -2.09. The first-order valence-corrected chi connectivity index (χ1v) is 10.2. The monoisotopic (exact) mass is 407 g/mol. The number of hydrogen-bond donors (Lipinski definition) is 1.